The summed E-state index contributed by atoms with van der Waals surface area (Å²) in [6, 6.07) is 7.60. The Morgan fingerprint density at radius 1 is 0.915 bits per heavy atom. The molecule has 2 aromatic carbocycles. The summed E-state index contributed by atoms with van der Waals surface area (Å²) < 4.78 is 17.2. The molecule has 2 amide bonds. The minimum atomic E-state index is -0.351. The molecule has 2 fully saturated rings. The number of piperidine rings is 2. The Morgan fingerprint density at radius 2 is 1.72 bits per heavy atom. The second-order valence-corrected chi connectivity index (χ2v) is 13.1. The first-order valence-corrected chi connectivity index (χ1v) is 17.4. The lowest BCUT2D eigenvalue weighted by Gasteiger charge is -2.44. The van der Waals surface area contributed by atoms with Crippen molar-refractivity contribution >= 4 is 17.5 Å². The lowest BCUT2D eigenvalue weighted by atomic mass is 9.83. The van der Waals surface area contributed by atoms with E-state index in [2.05, 4.69) is 20.9 Å². The van der Waals surface area contributed by atoms with Gasteiger partial charge in [0.05, 0.1) is 33.1 Å². The van der Waals surface area contributed by atoms with Crippen LogP contribution >= 0.6 is 0 Å². The second kappa shape index (κ2) is 16.4. The molecule has 3 unspecified atom stereocenters. The molecule has 0 aromatic heterocycles. The van der Waals surface area contributed by atoms with Crippen LogP contribution in [-0.4, -0.2) is 70.3 Å². The predicted molar refractivity (Wildman–Crippen MR) is 185 cm³/mol. The molecule has 0 spiro atoms. The number of hydrogen-bond donors (Lipinski definition) is 3. The first-order chi connectivity index (χ1) is 22.8. The van der Waals surface area contributed by atoms with Gasteiger partial charge in [0.15, 0.2) is 11.5 Å². The summed E-state index contributed by atoms with van der Waals surface area (Å²) >= 11 is 0. The predicted octanol–water partition coefficient (Wildman–Crippen LogP) is 5.22. The van der Waals surface area contributed by atoms with Crippen molar-refractivity contribution in [1.29, 1.82) is 0 Å². The van der Waals surface area contributed by atoms with Gasteiger partial charge in [0.25, 0.3) is 0 Å². The largest absolute Gasteiger partial charge is 0.493 e. The van der Waals surface area contributed by atoms with Gasteiger partial charge in [0, 0.05) is 38.0 Å². The number of ether oxygens (including phenoxy) is 3. The topological polar surface area (TPSA) is 118 Å². The third kappa shape index (κ3) is 8.20. The fraction of sp³-hybridized carbons (Fsp3) is 0.595. The monoisotopic (exact) mass is 648 g/mol. The van der Waals surface area contributed by atoms with Crippen LogP contribution < -0.4 is 35.6 Å². The quantitative estimate of drug-likeness (QED) is 0.253. The number of benzene rings is 1. The highest BCUT2D eigenvalue weighted by molar-refractivity contribution is 5.83. The van der Waals surface area contributed by atoms with Crippen LogP contribution in [0.5, 0.6) is 17.2 Å². The number of anilines is 1. The van der Waals surface area contributed by atoms with Crippen LogP contribution in [0.25, 0.3) is 11.1 Å². The number of rotatable bonds is 13. The fourth-order valence-corrected chi connectivity index (χ4v) is 7.81. The van der Waals surface area contributed by atoms with Gasteiger partial charge in [-0.05, 0) is 105 Å². The Labute approximate surface area is 278 Å². The Hall–Kier alpha value is -3.79. The van der Waals surface area contributed by atoms with E-state index in [9.17, 15) is 14.4 Å². The van der Waals surface area contributed by atoms with Gasteiger partial charge in [-0.3, -0.25) is 14.4 Å². The van der Waals surface area contributed by atoms with E-state index in [1.54, 1.807) is 27.4 Å². The van der Waals surface area contributed by atoms with Gasteiger partial charge in [0.2, 0.25) is 23.0 Å². The number of aryl methyl sites for hydroxylation is 1. The van der Waals surface area contributed by atoms with Crippen molar-refractivity contribution < 1.29 is 23.8 Å². The number of carbonyl (C=O) groups excluding carboxylic acids is 2. The Balaban J connectivity index is 1.21. The number of unbranched alkanes of at least 4 members (excludes halogenated alkanes) is 2. The molecular formula is C37H52N4O6. The van der Waals surface area contributed by atoms with Gasteiger partial charge >= 0.3 is 0 Å². The number of nitrogens with zero attached hydrogens (tertiary/aromatic N) is 1. The van der Waals surface area contributed by atoms with Crippen LogP contribution in [0.1, 0.15) is 88.3 Å². The molecule has 2 aromatic rings. The van der Waals surface area contributed by atoms with Crippen molar-refractivity contribution in [2.24, 2.45) is 5.92 Å². The first-order valence-electron chi connectivity index (χ1n) is 17.4. The summed E-state index contributed by atoms with van der Waals surface area (Å²) in [5.74, 6) is 2.12. The maximum absolute atomic E-state index is 13.5. The average Bonchev–Trinajstić information content (AvgIpc) is 3.32. The molecule has 3 atom stereocenters. The summed E-state index contributed by atoms with van der Waals surface area (Å²) in [5.41, 5.74) is 3.69. The van der Waals surface area contributed by atoms with Crippen molar-refractivity contribution in [3.63, 3.8) is 0 Å². The number of methoxy groups -OCH3 is 3. The van der Waals surface area contributed by atoms with Crippen molar-refractivity contribution in [3.05, 3.63) is 45.6 Å². The molecular weight excluding hydrogens is 596 g/mol. The summed E-state index contributed by atoms with van der Waals surface area (Å²) in [4.78, 5) is 41.0. The van der Waals surface area contributed by atoms with Crippen LogP contribution in [0, 0.1) is 5.92 Å². The van der Waals surface area contributed by atoms with E-state index in [0.717, 1.165) is 48.1 Å². The van der Waals surface area contributed by atoms with Crippen molar-refractivity contribution in [3.8, 4) is 28.4 Å². The number of amides is 2. The van der Waals surface area contributed by atoms with Crippen LogP contribution in [0.2, 0.25) is 0 Å². The van der Waals surface area contributed by atoms with E-state index in [0.29, 0.717) is 60.7 Å². The third-order valence-corrected chi connectivity index (χ3v) is 10.1. The minimum Gasteiger partial charge on any atom is -0.493 e. The summed E-state index contributed by atoms with van der Waals surface area (Å²) in [6.45, 7) is 5.33. The van der Waals surface area contributed by atoms with E-state index in [4.69, 9.17) is 14.2 Å². The van der Waals surface area contributed by atoms with E-state index in [-0.39, 0.29) is 23.3 Å². The minimum absolute atomic E-state index is 0.142. The smallest absolute Gasteiger partial charge is 0.220 e. The van der Waals surface area contributed by atoms with E-state index in [1.165, 1.54) is 52.1 Å². The maximum atomic E-state index is 13.5. The molecule has 2 saturated heterocycles. The van der Waals surface area contributed by atoms with Gasteiger partial charge in [-0.2, -0.15) is 0 Å². The van der Waals surface area contributed by atoms with Crippen LogP contribution in [0.15, 0.2) is 29.1 Å². The van der Waals surface area contributed by atoms with E-state index < -0.39 is 0 Å². The Bertz CT molecular complexity index is 1480. The zero-order valence-electron chi connectivity index (χ0n) is 28.5. The van der Waals surface area contributed by atoms with Crippen LogP contribution in [-0.2, 0) is 16.0 Å². The molecule has 1 aliphatic carbocycles. The average molecular weight is 649 g/mol. The normalized spacial score (nSPS) is 20.5. The molecule has 0 radical (unpaired) electrons. The van der Waals surface area contributed by atoms with Gasteiger partial charge in [0.1, 0.15) is 0 Å². The third-order valence-electron chi connectivity index (χ3n) is 10.1. The van der Waals surface area contributed by atoms with Crippen molar-refractivity contribution in [2.75, 3.05) is 52.8 Å². The standard InChI is InChI=1S/C37H52N4O6/c1-24(42)40-29-16-14-25-21-33(45-2)36(46-3)37(47-4)35(25)27-15-17-30(32(43)22-28(27)29)38-18-8-5-6-13-34(44)39-23-26-11-10-20-41-19-9-7-12-31(26)41/h15,17,21-22,26,29,31H,5-14,16,18-20,23H2,1-4H3,(H,38,43)(H,39,44)(H,40,42). The van der Waals surface area contributed by atoms with E-state index in [1.807, 2.05) is 18.2 Å². The fourth-order valence-electron chi connectivity index (χ4n) is 7.81. The SMILES string of the molecule is COc1cc2c(c(OC)c1OC)-c1ccc(NCCCCCC(=O)NCC3CCCN4CCCCC34)c(=O)cc1C(NC(C)=O)CC2. The summed E-state index contributed by atoms with van der Waals surface area (Å²) in [6.07, 6.45) is 10.7. The van der Waals surface area contributed by atoms with Gasteiger partial charge < -0.3 is 35.1 Å². The molecule has 0 saturated carbocycles. The molecule has 10 nitrogen and oxygen atoms in total. The molecule has 3 aliphatic rings. The lowest BCUT2D eigenvalue weighted by Crippen LogP contribution is -2.50. The van der Waals surface area contributed by atoms with Gasteiger partial charge in [-0.15, -0.1) is 0 Å². The summed E-state index contributed by atoms with van der Waals surface area (Å²) in [5, 5.41) is 9.58. The number of nitrogens with one attached hydrogen (secondary N) is 3. The highest BCUT2D eigenvalue weighted by Crippen LogP contribution is 2.50. The summed E-state index contributed by atoms with van der Waals surface area (Å²) in [7, 11) is 4.75. The maximum Gasteiger partial charge on any atom is 0.220 e. The molecule has 0 bridgehead atoms. The first kappa shape index (κ1) is 34.5. The van der Waals surface area contributed by atoms with Gasteiger partial charge in [-0.1, -0.05) is 18.9 Å². The number of carbonyl (C=O) groups is 2. The molecule has 5 rings (SSSR count). The van der Waals surface area contributed by atoms with Gasteiger partial charge in [-0.25, -0.2) is 0 Å². The zero-order valence-corrected chi connectivity index (χ0v) is 28.5. The van der Waals surface area contributed by atoms with E-state index >= 15 is 0 Å². The molecule has 2 heterocycles. The highest BCUT2D eigenvalue weighted by atomic mass is 16.5. The highest BCUT2D eigenvalue weighted by Gasteiger charge is 2.33. The van der Waals surface area contributed by atoms with Crippen molar-refractivity contribution in [1.82, 2.24) is 15.5 Å². The molecule has 256 valence electrons. The number of fused-ring (bicyclic) bond motifs is 4. The zero-order chi connectivity index (χ0) is 33.3. The van der Waals surface area contributed by atoms with Crippen LogP contribution in [0.3, 0.4) is 0 Å². The number of hydrogen-bond acceptors (Lipinski definition) is 8. The Kier molecular flexibility index (Phi) is 12.0. The molecule has 3 N–H and O–H groups in total. The molecule has 10 heteroatoms. The lowest BCUT2D eigenvalue weighted by molar-refractivity contribution is -0.122. The second-order valence-electron chi connectivity index (χ2n) is 13.1. The molecule has 47 heavy (non-hydrogen) atoms. The van der Waals surface area contributed by atoms with Crippen LogP contribution in [0.4, 0.5) is 5.69 Å². The molecule has 2 aliphatic heterocycles. The Morgan fingerprint density at radius 3 is 2.49 bits per heavy atom. The van der Waals surface area contributed by atoms with Crippen molar-refractivity contribution in [2.45, 2.75) is 89.6 Å².